The molecule has 1 saturated heterocycles. The van der Waals surface area contributed by atoms with E-state index < -0.39 is 0 Å². The normalized spacial score (nSPS) is 26.3. The van der Waals surface area contributed by atoms with Gasteiger partial charge in [-0.15, -0.1) is 0 Å². The lowest BCUT2D eigenvalue weighted by Crippen LogP contribution is -2.36. The number of carbonyl (C=O) groups is 2. The molecule has 0 aromatic heterocycles. The van der Waals surface area contributed by atoms with Gasteiger partial charge in [-0.25, -0.2) is 0 Å². The Morgan fingerprint density at radius 2 is 2.04 bits per heavy atom. The molecule has 0 bridgehead atoms. The summed E-state index contributed by atoms with van der Waals surface area (Å²) in [6.45, 7) is 3.40. The van der Waals surface area contributed by atoms with E-state index in [4.69, 9.17) is 14.2 Å². The lowest BCUT2D eigenvalue weighted by Gasteiger charge is -2.25. The summed E-state index contributed by atoms with van der Waals surface area (Å²) in [5, 5.41) is 2.95. The average molecular weight is 390 g/mol. The van der Waals surface area contributed by atoms with Gasteiger partial charge >= 0.3 is 0 Å². The number of benzene rings is 1. The number of carbonyl (C=O) groups excluding carboxylic acids is 2. The van der Waals surface area contributed by atoms with Gasteiger partial charge in [0.2, 0.25) is 11.8 Å². The van der Waals surface area contributed by atoms with Gasteiger partial charge in [0.1, 0.15) is 18.1 Å². The van der Waals surface area contributed by atoms with Crippen LogP contribution in [0.25, 0.3) is 0 Å². The molecule has 2 aliphatic rings. The number of methoxy groups -OCH3 is 3. The Balaban J connectivity index is 1.70. The summed E-state index contributed by atoms with van der Waals surface area (Å²) < 4.78 is 15.6. The van der Waals surface area contributed by atoms with E-state index in [2.05, 4.69) is 12.2 Å². The molecule has 7 heteroatoms. The zero-order chi connectivity index (χ0) is 20.3. The Morgan fingerprint density at radius 3 is 2.71 bits per heavy atom. The Morgan fingerprint density at radius 1 is 1.25 bits per heavy atom. The van der Waals surface area contributed by atoms with Crippen LogP contribution in [0.4, 0.5) is 0 Å². The second-order valence-corrected chi connectivity index (χ2v) is 7.75. The highest BCUT2D eigenvalue weighted by molar-refractivity contribution is 5.80. The first-order valence-electron chi connectivity index (χ1n) is 9.74. The molecule has 28 heavy (non-hydrogen) atoms. The van der Waals surface area contributed by atoms with Crippen molar-refractivity contribution in [1.82, 2.24) is 10.2 Å². The maximum absolute atomic E-state index is 12.8. The van der Waals surface area contributed by atoms with E-state index in [1.807, 2.05) is 23.1 Å². The number of nitrogens with zero attached hydrogens (tertiary/aromatic N) is 1. The second-order valence-electron chi connectivity index (χ2n) is 7.75. The summed E-state index contributed by atoms with van der Waals surface area (Å²) in [6.07, 6.45) is 1.50. The number of rotatable bonds is 8. The standard InChI is InChI=1S/C21H30N2O5/c1-13-7-18-16(17(13)10-22-20(24)12-26-2)9-21(25)23(18)11-14-5-6-15(27-3)8-19(14)28-4/h5-6,8,13,16-18H,7,9-12H2,1-4H3,(H,22,24)/t13-,16-,17+,18+/m0/s1. The van der Waals surface area contributed by atoms with Crippen molar-refractivity contribution in [1.29, 1.82) is 0 Å². The molecule has 1 aromatic rings. The molecule has 1 aliphatic heterocycles. The lowest BCUT2D eigenvalue weighted by atomic mass is 9.88. The van der Waals surface area contributed by atoms with Gasteiger partial charge in [-0.1, -0.05) is 6.92 Å². The SMILES string of the molecule is COCC(=O)NC[C@H]1[C@@H]2CC(=O)N(Cc3ccc(OC)cc3OC)[C@@H]2C[C@@H]1C. The summed E-state index contributed by atoms with van der Waals surface area (Å²) in [4.78, 5) is 26.5. The molecule has 2 fully saturated rings. The van der Waals surface area contributed by atoms with Gasteiger partial charge in [0, 0.05) is 44.3 Å². The van der Waals surface area contributed by atoms with Crippen molar-refractivity contribution < 1.29 is 23.8 Å². The maximum atomic E-state index is 12.8. The zero-order valence-electron chi connectivity index (χ0n) is 17.1. The summed E-state index contributed by atoms with van der Waals surface area (Å²) in [5.41, 5.74) is 0.974. The Hall–Kier alpha value is -2.28. The molecule has 2 amide bonds. The van der Waals surface area contributed by atoms with E-state index in [1.54, 1.807) is 14.2 Å². The third kappa shape index (κ3) is 4.09. The Labute approximate surface area is 166 Å². The number of hydrogen-bond acceptors (Lipinski definition) is 5. The van der Waals surface area contributed by atoms with Crippen molar-refractivity contribution in [3.63, 3.8) is 0 Å². The van der Waals surface area contributed by atoms with Crippen LogP contribution in [-0.2, 0) is 20.9 Å². The van der Waals surface area contributed by atoms with Crippen molar-refractivity contribution >= 4 is 11.8 Å². The predicted octanol–water partition coefficient (Wildman–Crippen LogP) is 1.84. The van der Waals surface area contributed by atoms with E-state index in [-0.39, 0.29) is 30.4 Å². The van der Waals surface area contributed by atoms with Gasteiger partial charge in [0.05, 0.1) is 14.2 Å². The minimum atomic E-state index is -0.109. The summed E-state index contributed by atoms with van der Waals surface area (Å²) in [5.74, 6) is 2.55. The van der Waals surface area contributed by atoms with Gasteiger partial charge < -0.3 is 24.4 Å². The van der Waals surface area contributed by atoms with Gasteiger partial charge in [-0.05, 0) is 36.3 Å². The quantitative estimate of drug-likeness (QED) is 0.733. The molecule has 4 atom stereocenters. The third-order valence-electron chi connectivity index (χ3n) is 6.16. The Kier molecular flexibility index (Phi) is 6.44. The van der Waals surface area contributed by atoms with Crippen molar-refractivity contribution in [2.75, 3.05) is 34.5 Å². The first kappa shape index (κ1) is 20.5. The highest BCUT2D eigenvalue weighted by Crippen LogP contribution is 2.46. The second kappa shape index (κ2) is 8.82. The topological polar surface area (TPSA) is 77.1 Å². The fourth-order valence-electron chi connectivity index (χ4n) is 4.73. The minimum absolute atomic E-state index is 0.0670. The number of ether oxygens (including phenoxy) is 3. The number of fused-ring (bicyclic) bond motifs is 1. The van der Waals surface area contributed by atoms with Crippen LogP contribution in [0.1, 0.15) is 25.3 Å². The Bertz CT molecular complexity index is 723. The van der Waals surface area contributed by atoms with Crippen LogP contribution in [0.15, 0.2) is 18.2 Å². The molecule has 1 saturated carbocycles. The number of amides is 2. The van der Waals surface area contributed by atoms with Gasteiger partial charge in [-0.3, -0.25) is 9.59 Å². The number of likely N-dealkylation sites (tertiary alicyclic amines) is 1. The molecule has 1 N–H and O–H groups in total. The minimum Gasteiger partial charge on any atom is -0.497 e. The predicted molar refractivity (Wildman–Crippen MR) is 104 cm³/mol. The van der Waals surface area contributed by atoms with Crippen LogP contribution in [0.5, 0.6) is 11.5 Å². The molecule has 7 nitrogen and oxygen atoms in total. The number of hydrogen-bond donors (Lipinski definition) is 1. The molecule has 0 spiro atoms. The molecule has 0 unspecified atom stereocenters. The van der Waals surface area contributed by atoms with Crippen molar-refractivity contribution in [3.05, 3.63) is 23.8 Å². The first-order chi connectivity index (χ1) is 13.5. The summed E-state index contributed by atoms with van der Waals surface area (Å²) >= 11 is 0. The van der Waals surface area contributed by atoms with Gasteiger partial charge in [-0.2, -0.15) is 0 Å². The average Bonchev–Trinajstić information content (AvgIpc) is 3.14. The fraction of sp³-hybridized carbons (Fsp3) is 0.619. The van der Waals surface area contributed by atoms with Crippen LogP contribution < -0.4 is 14.8 Å². The van der Waals surface area contributed by atoms with Crippen molar-refractivity contribution in [2.24, 2.45) is 17.8 Å². The van der Waals surface area contributed by atoms with Crippen molar-refractivity contribution in [2.45, 2.75) is 32.4 Å². The molecule has 1 heterocycles. The largest absolute Gasteiger partial charge is 0.497 e. The maximum Gasteiger partial charge on any atom is 0.245 e. The third-order valence-corrected chi connectivity index (χ3v) is 6.16. The van der Waals surface area contributed by atoms with Gasteiger partial charge in [0.15, 0.2) is 0 Å². The summed E-state index contributed by atoms with van der Waals surface area (Å²) in [7, 11) is 4.76. The monoisotopic (exact) mass is 390 g/mol. The molecule has 3 rings (SSSR count). The molecule has 154 valence electrons. The van der Waals surface area contributed by atoms with E-state index in [1.165, 1.54) is 7.11 Å². The lowest BCUT2D eigenvalue weighted by molar-refractivity contribution is -0.129. The smallest absolute Gasteiger partial charge is 0.245 e. The molecular formula is C21H30N2O5. The van der Waals surface area contributed by atoms with E-state index in [9.17, 15) is 9.59 Å². The fourth-order valence-corrected chi connectivity index (χ4v) is 4.73. The molecular weight excluding hydrogens is 360 g/mol. The summed E-state index contributed by atoms with van der Waals surface area (Å²) in [6, 6.07) is 5.90. The molecule has 1 aromatic carbocycles. The van der Waals surface area contributed by atoms with Crippen LogP contribution in [0, 0.1) is 17.8 Å². The van der Waals surface area contributed by atoms with E-state index >= 15 is 0 Å². The highest BCUT2D eigenvalue weighted by Gasteiger charge is 2.50. The van der Waals surface area contributed by atoms with Gasteiger partial charge in [0.25, 0.3) is 0 Å². The molecule has 1 aliphatic carbocycles. The molecule has 0 radical (unpaired) electrons. The van der Waals surface area contributed by atoms with Crippen LogP contribution in [0.2, 0.25) is 0 Å². The zero-order valence-corrected chi connectivity index (χ0v) is 17.1. The van der Waals surface area contributed by atoms with Crippen LogP contribution in [-0.4, -0.2) is 57.2 Å². The van der Waals surface area contributed by atoms with Crippen LogP contribution >= 0.6 is 0 Å². The van der Waals surface area contributed by atoms with E-state index in [0.29, 0.717) is 31.3 Å². The number of nitrogens with one attached hydrogen (secondary N) is 1. The van der Waals surface area contributed by atoms with E-state index in [0.717, 1.165) is 23.5 Å². The first-order valence-corrected chi connectivity index (χ1v) is 9.74. The van der Waals surface area contributed by atoms with Crippen LogP contribution in [0.3, 0.4) is 0 Å². The van der Waals surface area contributed by atoms with Crippen molar-refractivity contribution in [3.8, 4) is 11.5 Å². The highest BCUT2D eigenvalue weighted by atomic mass is 16.5.